The lowest BCUT2D eigenvalue weighted by Crippen LogP contribution is -2.59. The zero-order valence-electron chi connectivity index (χ0n) is 19.5. The molecule has 7 heteroatoms. The highest BCUT2D eigenvalue weighted by Crippen LogP contribution is 2.54. The molecule has 0 saturated carbocycles. The molecule has 0 amide bonds. The van der Waals surface area contributed by atoms with Gasteiger partial charge >= 0.3 is 11.9 Å². The van der Waals surface area contributed by atoms with Crippen LogP contribution < -0.4 is 0 Å². The van der Waals surface area contributed by atoms with Crippen LogP contribution in [-0.2, 0) is 23.8 Å². The maximum Gasteiger partial charge on any atom is 0.303 e. The number of ether oxygens (including phenoxy) is 3. The van der Waals surface area contributed by atoms with Gasteiger partial charge in [0.1, 0.15) is 17.8 Å². The maximum absolute atomic E-state index is 11.8. The van der Waals surface area contributed by atoms with Gasteiger partial charge in [-0.05, 0) is 47.1 Å². The number of hydrogen-bond donors (Lipinski definition) is 2. The molecule has 0 unspecified atom stereocenters. The smallest absolute Gasteiger partial charge is 0.303 e. The highest BCUT2D eigenvalue weighted by molar-refractivity contribution is 5.66. The Morgan fingerprint density at radius 1 is 1.19 bits per heavy atom. The molecule has 2 aliphatic heterocycles. The minimum absolute atomic E-state index is 0.0702. The molecule has 8 atom stereocenters. The summed E-state index contributed by atoms with van der Waals surface area (Å²) in [6.45, 7) is 11.7. The van der Waals surface area contributed by atoms with Gasteiger partial charge in [0.25, 0.3) is 0 Å². The molecule has 0 radical (unpaired) electrons. The summed E-state index contributed by atoms with van der Waals surface area (Å²) in [5.74, 6) is -1.82. The van der Waals surface area contributed by atoms with Gasteiger partial charge in [0, 0.05) is 38.0 Å². The Morgan fingerprint density at radius 3 is 2.35 bits per heavy atom. The number of aliphatic hydroxyl groups is 2. The standard InChI is InChI=1S/C24H36O7/c1-12-8-9-18(30-15(4)26)24(7,28)22-20-19(16(10-12)31-22)13(2)11-17(29-14(3)25)21(20)23(5,6)27/h8,11,16-22,27-28H,9-10H2,1-7H3/t16-,17+,18+,19-,20+,21+,22-,24-/m1/s1. The van der Waals surface area contributed by atoms with Crippen LogP contribution in [0.1, 0.15) is 61.3 Å². The lowest BCUT2D eigenvalue weighted by Gasteiger charge is -2.48. The predicted molar refractivity (Wildman–Crippen MR) is 114 cm³/mol. The molecule has 2 N–H and O–H groups in total. The first-order chi connectivity index (χ1) is 14.2. The Labute approximate surface area is 184 Å². The summed E-state index contributed by atoms with van der Waals surface area (Å²) >= 11 is 0. The third-order valence-electron chi connectivity index (χ3n) is 7.07. The molecule has 1 saturated heterocycles. The van der Waals surface area contributed by atoms with Crippen molar-refractivity contribution in [2.45, 2.75) is 96.9 Å². The SMILES string of the molecule is CC(=O)O[C@H]1C=C(C)[C@H]2[C@@H]([C@H]1C(C)(C)O)[C@H]1O[C@@H]2CC(C)=CC[C@H](OC(C)=O)[C@@]1(C)O. The predicted octanol–water partition coefficient (Wildman–Crippen LogP) is 2.69. The molecular formula is C24H36O7. The van der Waals surface area contributed by atoms with E-state index in [2.05, 4.69) is 0 Å². The normalized spacial score (nSPS) is 40.5. The van der Waals surface area contributed by atoms with E-state index in [-0.39, 0.29) is 17.9 Å². The van der Waals surface area contributed by atoms with Crippen LogP contribution in [0.2, 0.25) is 0 Å². The van der Waals surface area contributed by atoms with E-state index in [4.69, 9.17) is 14.2 Å². The van der Waals surface area contributed by atoms with E-state index in [0.29, 0.717) is 12.8 Å². The molecule has 0 aromatic rings. The number of hydrogen-bond acceptors (Lipinski definition) is 7. The monoisotopic (exact) mass is 436 g/mol. The van der Waals surface area contributed by atoms with Crippen molar-refractivity contribution in [1.29, 1.82) is 0 Å². The third kappa shape index (κ3) is 4.59. The molecule has 3 rings (SSSR count). The van der Waals surface area contributed by atoms with Crippen molar-refractivity contribution in [1.82, 2.24) is 0 Å². The summed E-state index contributed by atoms with van der Waals surface area (Å²) in [6.07, 6.45) is 2.58. The van der Waals surface area contributed by atoms with E-state index >= 15 is 0 Å². The summed E-state index contributed by atoms with van der Waals surface area (Å²) in [6, 6.07) is 0. The Hall–Kier alpha value is -1.70. The second-order valence-electron chi connectivity index (χ2n) is 10.2. The van der Waals surface area contributed by atoms with Gasteiger partial charge in [-0.25, -0.2) is 0 Å². The topological polar surface area (TPSA) is 102 Å². The van der Waals surface area contributed by atoms with Crippen molar-refractivity contribution in [3.63, 3.8) is 0 Å². The number of esters is 2. The molecular weight excluding hydrogens is 400 g/mol. The largest absolute Gasteiger partial charge is 0.459 e. The van der Waals surface area contributed by atoms with Crippen LogP contribution in [0.15, 0.2) is 23.3 Å². The van der Waals surface area contributed by atoms with Crippen LogP contribution in [0, 0.1) is 17.8 Å². The second-order valence-corrected chi connectivity index (χ2v) is 10.2. The Balaban J connectivity index is 2.16. The minimum atomic E-state index is -1.51. The van der Waals surface area contributed by atoms with Crippen molar-refractivity contribution in [3.8, 4) is 0 Å². The van der Waals surface area contributed by atoms with Crippen molar-refractivity contribution >= 4 is 11.9 Å². The minimum Gasteiger partial charge on any atom is -0.459 e. The van der Waals surface area contributed by atoms with Crippen LogP contribution in [0.25, 0.3) is 0 Å². The van der Waals surface area contributed by atoms with E-state index in [1.807, 2.05) is 26.0 Å². The molecule has 0 aromatic heterocycles. The van der Waals surface area contributed by atoms with Crippen molar-refractivity contribution in [3.05, 3.63) is 23.3 Å². The van der Waals surface area contributed by atoms with Gasteiger partial charge < -0.3 is 24.4 Å². The average molecular weight is 437 g/mol. The summed E-state index contributed by atoms with van der Waals surface area (Å²) in [4.78, 5) is 23.6. The molecule has 1 aliphatic carbocycles. The van der Waals surface area contributed by atoms with Crippen LogP contribution in [-0.4, -0.2) is 57.8 Å². The van der Waals surface area contributed by atoms with Crippen LogP contribution in [0.5, 0.6) is 0 Å². The Morgan fingerprint density at radius 2 is 1.81 bits per heavy atom. The van der Waals surface area contributed by atoms with Crippen molar-refractivity contribution in [2.24, 2.45) is 17.8 Å². The highest BCUT2D eigenvalue weighted by Gasteiger charge is 2.62. The van der Waals surface area contributed by atoms with Gasteiger partial charge in [-0.1, -0.05) is 17.2 Å². The Bertz CT molecular complexity index is 788. The molecule has 31 heavy (non-hydrogen) atoms. The van der Waals surface area contributed by atoms with Crippen LogP contribution in [0.3, 0.4) is 0 Å². The van der Waals surface area contributed by atoms with E-state index < -0.39 is 47.4 Å². The fourth-order valence-corrected chi connectivity index (χ4v) is 5.87. The number of fused-ring (bicyclic) bond motifs is 5. The highest BCUT2D eigenvalue weighted by atomic mass is 16.6. The summed E-state index contributed by atoms with van der Waals surface area (Å²) in [5, 5.41) is 22.9. The van der Waals surface area contributed by atoms with E-state index in [1.54, 1.807) is 20.8 Å². The van der Waals surface area contributed by atoms with Gasteiger partial charge in [-0.15, -0.1) is 0 Å². The average Bonchev–Trinajstić information content (AvgIpc) is 2.97. The quantitative estimate of drug-likeness (QED) is 0.518. The molecule has 0 spiro atoms. The fraction of sp³-hybridized carbons (Fsp3) is 0.750. The van der Waals surface area contributed by atoms with Gasteiger partial charge in [0.2, 0.25) is 0 Å². The van der Waals surface area contributed by atoms with Gasteiger partial charge in [-0.3, -0.25) is 9.59 Å². The van der Waals surface area contributed by atoms with Gasteiger partial charge in [0.15, 0.2) is 0 Å². The molecule has 7 nitrogen and oxygen atoms in total. The summed E-state index contributed by atoms with van der Waals surface area (Å²) in [5.41, 5.74) is -0.614. The summed E-state index contributed by atoms with van der Waals surface area (Å²) in [7, 11) is 0. The number of rotatable bonds is 3. The number of carbonyl (C=O) groups excluding carboxylic acids is 2. The first-order valence-electron chi connectivity index (χ1n) is 11.0. The lowest BCUT2D eigenvalue weighted by atomic mass is 9.60. The van der Waals surface area contributed by atoms with E-state index in [0.717, 1.165) is 11.1 Å². The Kier molecular flexibility index (Phi) is 6.44. The summed E-state index contributed by atoms with van der Waals surface area (Å²) < 4.78 is 17.7. The molecule has 0 aromatic carbocycles. The first kappa shape index (κ1) is 24.0. The molecule has 2 heterocycles. The zero-order valence-corrected chi connectivity index (χ0v) is 19.5. The zero-order chi connectivity index (χ0) is 23.3. The molecule has 1 fully saturated rings. The molecule has 2 bridgehead atoms. The second kappa shape index (κ2) is 8.34. The molecule has 3 aliphatic rings. The van der Waals surface area contributed by atoms with Crippen molar-refractivity contribution < 1.29 is 34.0 Å². The third-order valence-corrected chi connectivity index (χ3v) is 7.07. The lowest BCUT2D eigenvalue weighted by molar-refractivity contribution is -0.196. The first-order valence-corrected chi connectivity index (χ1v) is 11.0. The van der Waals surface area contributed by atoms with E-state index in [9.17, 15) is 19.8 Å². The van der Waals surface area contributed by atoms with Crippen LogP contribution >= 0.6 is 0 Å². The van der Waals surface area contributed by atoms with Crippen molar-refractivity contribution in [2.75, 3.05) is 0 Å². The van der Waals surface area contributed by atoms with E-state index in [1.165, 1.54) is 13.8 Å². The van der Waals surface area contributed by atoms with Crippen LogP contribution in [0.4, 0.5) is 0 Å². The van der Waals surface area contributed by atoms with Gasteiger partial charge in [0.05, 0.1) is 17.8 Å². The fourth-order valence-electron chi connectivity index (χ4n) is 5.87. The van der Waals surface area contributed by atoms with Gasteiger partial charge in [-0.2, -0.15) is 0 Å². The molecule has 174 valence electrons. The number of carbonyl (C=O) groups is 2. The maximum atomic E-state index is 11.8.